The van der Waals surface area contributed by atoms with Crippen LogP contribution in [0.1, 0.15) is 16.1 Å². The molecular weight excluding hydrogens is 286 g/mol. The number of phenols is 1. The second-order valence-corrected chi connectivity index (χ2v) is 4.47. The van der Waals surface area contributed by atoms with Crippen LogP contribution in [0.5, 0.6) is 5.75 Å². The molecule has 1 amide bonds. The summed E-state index contributed by atoms with van der Waals surface area (Å²) in [5.41, 5.74) is 1.05. The number of nitrogens with one attached hydrogen (secondary N) is 2. The summed E-state index contributed by atoms with van der Waals surface area (Å²) in [5, 5.41) is 18.8. The fourth-order valence-electron chi connectivity index (χ4n) is 1.36. The van der Waals surface area contributed by atoms with Gasteiger partial charge in [0.1, 0.15) is 5.75 Å². The number of nitrogens with zero attached hydrogens (tertiary/aromatic N) is 1. The standard InChI is InChI=1S/C11H10BrN3O2/c1-6-4-10(15-14-6)13-11(17)8-3-2-7(12)5-9(8)16/h2-5,16H,1H3,(H2,13,14,15,17). The van der Waals surface area contributed by atoms with Crippen molar-refractivity contribution >= 4 is 27.7 Å². The maximum Gasteiger partial charge on any atom is 0.260 e. The number of aromatic hydroxyl groups is 1. The number of benzene rings is 1. The van der Waals surface area contributed by atoms with Crippen molar-refractivity contribution in [1.29, 1.82) is 0 Å². The van der Waals surface area contributed by atoms with Crippen LogP contribution in [0, 0.1) is 6.92 Å². The van der Waals surface area contributed by atoms with Crippen LogP contribution in [0.4, 0.5) is 5.82 Å². The third-order valence-electron chi connectivity index (χ3n) is 2.15. The molecule has 1 aromatic carbocycles. The smallest absolute Gasteiger partial charge is 0.260 e. The van der Waals surface area contributed by atoms with E-state index in [2.05, 4.69) is 31.4 Å². The zero-order chi connectivity index (χ0) is 12.4. The largest absolute Gasteiger partial charge is 0.507 e. The summed E-state index contributed by atoms with van der Waals surface area (Å²) in [6.45, 7) is 1.83. The molecule has 0 aliphatic heterocycles. The zero-order valence-electron chi connectivity index (χ0n) is 8.99. The molecule has 0 spiro atoms. The van der Waals surface area contributed by atoms with Gasteiger partial charge in [0.25, 0.3) is 5.91 Å². The first-order chi connectivity index (χ1) is 8.06. The van der Waals surface area contributed by atoms with Crippen LogP contribution in [-0.4, -0.2) is 21.2 Å². The van der Waals surface area contributed by atoms with E-state index in [9.17, 15) is 9.90 Å². The van der Waals surface area contributed by atoms with Crippen molar-refractivity contribution in [2.24, 2.45) is 0 Å². The second-order valence-electron chi connectivity index (χ2n) is 3.55. The Morgan fingerprint density at radius 3 is 2.82 bits per heavy atom. The average molecular weight is 296 g/mol. The van der Waals surface area contributed by atoms with E-state index in [1.165, 1.54) is 12.1 Å². The number of H-pyrrole nitrogens is 1. The van der Waals surface area contributed by atoms with Gasteiger partial charge in [0.05, 0.1) is 5.56 Å². The van der Waals surface area contributed by atoms with Crippen LogP contribution in [0.3, 0.4) is 0 Å². The van der Waals surface area contributed by atoms with E-state index in [4.69, 9.17) is 0 Å². The first-order valence-corrected chi connectivity index (χ1v) is 5.67. The quantitative estimate of drug-likeness (QED) is 0.796. The minimum atomic E-state index is -0.401. The Morgan fingerprint density at radius 2 is 2.24 bits per heavy atom. The van der Waals surface area contributed by atoms with E-state index in [1.54, 1.807) is 12.1 Å². The molecular formula is C11H10BrN3O2. The summed E-state index contributed by atoms with van der Waals surface area (Å²) >= 11 is 3.21. The van der Waals surface area contributed by atoms with Gasteiger partial charge in [-0.2, -0.15) is 5.10 Å². The Hall–Kier alpha value is -1.82. The van der Waals surface area contributed by atoms with Crippen LogP contribution in [0.2, 0.25) is 0 Å². The molecule has 0 radical (unpaired) electrons. The summed E-state index contributed by atoms with van der Waals surface area (Å²) in [4.78, 5) is 11.8. The van der Waals surface area contributed by atoms with Gasteiger partial charge >= 0.3 is 0 Å². The van der Waals surface area contributed by atoms with Gasteiger partial charge in [0, 0.05) is 16.2 Å². The van der Waals surface area contributed by atoms with Gasteiger partial charge in [0.2, 0.25) is 0 Å². The van der Waals surface area contributed by atoms with Gasteiger partial charge in [-0.25, -0.2) is 0 Å². The Morgan fingerprint density at radius 1 is 1.47 bits per heavy atom. The maximum absolute atomic E-state index is 11.8. The minimum Gasteiger partial charge on any atom is -0.507 e. The van der Waals surface area contributed by atoms with Gasteiger partial charge in [-0.15, -0.1) is 0 Å². The number of aromatic amines is 1. The molecule has 0 unspecified atom stereocenters. The van der Waals surface area contributed by atoms with E-state index < -0.39 is 5.91 Å². The zero-order valence-corrected chi connectivity index (χ0v) is 10.6. The predicted molar refractivity (Wildman–Crippen MR) is 67.1 cm³/mol. The summed E-state index contributed by atoms with van der Waals surface area (Å²) < 4.78 is 0.710. The van der Waals surface area contributed by atoms with Crippen molar-refractivity contribution in [2.45, 2.75) is 6.92 Å². The van der Waals surface area contributed by atoms with E-state index in [-0.39, 0.29) is 11.3 Å². The van der Waals surface area contributed by atoms with Crippen molar-refractivity contribution in [1.82, 2.24) is 10.2 Å². The van der Waals surface area contributed by atoms with Crippen molar-refractivity contribution < 1.29 is 9.90 Å². The number of phenolic OH excluding ortho intramolecular Hbond substituents is 1. The van der Waals surface area contributed by atoms with Gasteiger partial charge in [-0.05, 0) is 25.1 Å². The monoisotopic (exact) mass is 295 g/mol. The number of anilines is 1. The molecule has 17 heavy (non-hydrogen) atoms. The summed E-state index contributed by atoms with van der Waals surface area (Å²) in [6.07, 6.45) is 0. The van der Waals surface area contributed by atoms with E-state index in [1.807, 2.05) is 6.92 Å². The molecule has 0 bridgehead atoms. The third-order valence-corrected chi connectivity index (χ3v) is 2.65. The molecule has 3 N–H and O–H groups in total. The van der Waals surface area contributed by atoms with Crippen LogP contribution < -0.4 is 5.32 Å². The van der Waals surface area contributed by atoms with Gasteiger partial charge in [0.15, 0.2) is 5.82 Å². The second kappa shape index (κ2) is 4.58. The Balaban J connectivity index is 2.20. The number of hydrogen-bond donors (Lipinski definition) is 3. The first-order valence-electron chi connectivity index (χ1n) is 4.88. The van der Waals surface area contributed by atoms with Gasteiger partial charge in [-0.3, -0.25) is 9.89 Å². The molecule has 1 aromatic heterocycles. The van der Waals surface area contributed by atoms with Crippen LogP contribution >= 0.6 is 15.9 Å². The highest BCUT2D eigenvalue weighted by Gasteiger charge is 2.12. The van der Waals surface area contributed by atoms with Crippen LogP contribution in [-0.2, 0) is 0 Å². The minimum absolute atomic E-state index is 0.0795. The normalized spacial score (nSPS) is 10.2. The van der Waals surface area contributed by atoms with Gasteiger partial charge < -0.3 is 10.4 Å². The van der Waals surface area contributed by atoms with Crippen LogP contribution in [0.25, 0.3) is 0 Å². The summed E-state index contributed by atoms with van der Waals surface area (Å²) in [7, 11) is 0. The molecule has 0 aliphatic carbocycles. The maximum atomic E-state index is 11.8. The fourth-order valence-corrected chi connectivity index (χ4v) is 1.71. The van der Waals surface area contributed by atoms with Gasteiger partial charge in [-0.1, -0.05) is 15.9 Å². The number of hydrogen-bond acceptors (Lipinski definition) is 3. The molecule has 88 valence electrons. The van der Waals surface area contributed by atoms with E-state index in [0.29, 0.717) is 10.3 Å². The molecule has 0 saturated carbocycles. The summed E-state index contributed by atoms with van der Waals surface area (Å²) in [5.74, 6) is -0.0551. The number of carbonyl (C=O) groups excluding carboxylic acids is 1. The Kier molecular flexibility index (Phi) is 3.14. The average Bonchev–Trinajstić information content (AvgIpc) is 2.63. The number of rotatable bonds is 2. The fraction of sp³-hybridized carbons (Fsp3) is 0.0909. The van der Waals surface area contributed by atoms with Crippen molar-refractivity contribution in [2.75, 3.05) is 5.32 Å². The molecule has 5 nitrogen and oxygen atoms in total. The number of aryl methyl sites for hydroxylation is 1. The topological polar surface area (TPSA) is 78.0 Å². The Bertz CT molecular complexity index is 566. The van der Waals surface area contributed by atoms with Crippen molar-refractivity contribution in [3.05, 3.63) is 40.0 Å². The predicted octanol–water partition coefficient (Wildman–Crippen LogP) is 2.44. The highest BCUT2D eigenvalue weighted by Crippen LogP contribution is 2.23. The Labute approximate surface area is 106 Å². The third kappa shape index (κ3) is 2.65. The summed E-state index contributed by atoms with van der Waals surface area (Å²) in [6, 6.07) is 6.39. The lowest BCUT2D eigenvalue weighted by Gasteiger charge is -2.04. The lowest BCUT2D eigenvalue weighted by Crippen LogP contribution is -2.12. The molecule has 2 rings (SSSR count). The van der Waals surface area contributed by atoms with Crippen molar-refractivity contribution in [3.63, 3.8) is 0 Å². The number of aromatic nitrogens is 2. The van der Waals surface area contributed by atoms with E-state index >= 15 is 0 Å². The number of halogens is 1. The molecule has 0 atom stereocenters. The SMILES string of the molecule is Cc1cc(NC(=O)c2ccc(Br)cc2O)n[nH]1. The van der Waals surface area contributed by atoms with Crippen molar-refractivity contribution in [3.8, 4) is 5.75 Å². The molecule has 2 aromatic rings. The number of carbonyl (C=O) groups is 1. The molecule has 0 saturated heterocycles. The first kappa shape index (κ1) is 11.7. The molecule has 0 aliphatic rings. The molecule has 6 heteroatoms. The highest BCUT2D eigenvalue weighted by molar-refractivity contribution is 9.10. The lowest BCUT2D eigenvalue weighted by molar-refractivity contribution is 0.102. The number of amides is 1. The lowest BCUT2D eigenvalue weighted by atomic mass is 10.2. The molecule has 1 heterocycles. The van der Waals surface area contributed by atoms with E-state index in [0.717, 1.165) is 5.69 Å². The highest BCUT2D eigenvalue weighted by atomic mass is 79.9. The molecule has 0 fully saturated rings. The van der Waals surface area contributed by atoms with Crippen LogP contribution in [0.15, 0.2) is 28.7 Å².